The third-order valence-electron chi connectivity index (χ3n) is 4.24. The van der Waals surface area contributed by atoms with Gasteiger partial charge >= 0.3 is 0 Å². The van der Waals surface area contributed by atoms with Gasteiger partial charge in [-0.1, -0.05) is 48.5 Å². The van der Waals surface area contributed by atoms with E-state index in [1.807, 2.05) is 54.7 Å². The number of benzene rings is 2. The van der Waals surface area contributed by atoms with E-state index in [4.69, 9.17) is 0 Å². The highest BCUT2D eigenvalue weighted by atomic mass is 16.3. The first-order valence-electron chi connectivity index (χ1n) is 8.25. The number of amides is 1. The number of nitrogens with one attached hydrogen (secondary N) is 1. The van der Waals surface area contributed by atoms with E-state index in [1.165, 1.54) is 0 Å². The summed E-state index contributed by atoms with van der Waals surface area (Å²) in [6, 6.07) is 17.5. The Hall–Kier alpha value is -2.59. The van der Waals surface area contributed by atoms with Crippen LogP contribution in [0, 0.1) is 0 Å². The third kappa shape index (κ3) is 3.49. The number of aliphatic hydroxyl groups excluding tert-OH is 1. The molecule has 0 aliphatic heterocycles. The van der Waals surface area contributed by atoms with Crippen molar-refractivity contribution in [1.29, 1.82) is 0 Å². The molecule has 0 bridgehead atoms. The number of nitrogens with zero attached hydrogens (tertiary/aromatic N) is 1. The maximum absolute atomic E-state index is 12.3. The van der Waals surface area contributed by atoms with Crippen LogP contribution in [0.1, 0.15) is 24.2 Å². The van der Waals surface area contributed by atoms with Gasteiger partial charge in [-0.25, -0.2) is 0 Å². The van der Waals surface area contributed by atoms with E-state index in [9.17, 15) is 9.90 Å². The van der Waals surface area contributed by atoms with Crippen LogP contribution in [0.5, 0.6) is 0 Å². The fourth-order valence-corrected chi connectivity index (χ4v) is 2.96. The SMILES string of the molecule is CCn1cc(CC(=O)NC[C@@H](O)c2ccccc2)c2ccccc21. The molecule has 0 fully saturated rings. The summed E-state index contributed by atoms with van der Waals surface area (Å²) in [5, 5.41) is 14.1. The summed E-state index contributed by atoms with van der Waals surface area (Å²) < 4.78 is 2.15. The van der Waals surface area contributed by atoms with Crippen molar-refractivity contribution in [3.05, 3.63) is 71.9 Å². The van der Waals surface area contributed by atoms with Crippen LogP contribution >= 0.6 is 0 Å². The Kier molecular flexibility index (Phi) is 4.96. The predicted molar refractivity (Wildman–Crippen MR) is 95.7 cm³/mol. The quantitative estimate of drug-likeness (QED) is 0.733. The van der Waals surface area contributed by atoms with Gasteiger partial charge in [0, 0.05) is 30.2 Å². The lowest BCUT2D eigenvalue weighted by molar-refractivity contribution is -0.120. The maximum atomic E-state index is 12.3. The summed E-state index contributed by atoms with van der Waals surface area (Å²) in [6.07, 6.45) is 1.67. The first-order valence-corrected chi connectivity index (χ1v) is 8.25. The van der Waals surface area contributed by atoms with Gasteiger partial charge in [-0.15, -0.1) is 0 Å². The first kappa shape index (κ1) is 16.3. The lowest BCUT2D eigenvalue weighted by atomic mass is 10.1. The minimum Gasteiger partial charge on any atom is -0.387 e. The molecule has 2 aromatic carbocycles. The molecule has 4 heteroatoms. The van der Waals surface area contributed by atoms with E-state index in [1.54, 1.807) is 0 Å². The number of hydrogen-bond donors (Lipinski definition) is 2. The van der Waals surface area contributed by atoms with Gasteiger partial charge in [0.05, 0.1) is 12.5 Å². The number of aromatic nitrogens is 1. The highest BCUT2D eigenvalue weighted by molar-refractivity contribution is 5.89. The lowest BCUT2D eigenvalue weighted by Crippen LogP contribution is -2.29. The van der Waals surface area contributed by atoms with Crippen LogP contribution < -0.4 is 5.32 Å². The van der Waals surface area contributed by atoms with Gasteiger partial charge in [-0.05, 0) is 24.1 Å². The van der Waals surface area contributed by atoms with Crippen molar-refractivity contribution >= 4 is 16.8 Å². The molecule has 0 saturated heterocycles. The summed E-state index contributed by atoms with van der Waals surface area (Å²) in [7, 11) is 0. The van der Waals surface area contributed by atoms with Crippen molar-refractivity contribution in [3.63, 3.8) is 0 Å². The van der Waals surface area contributed by atoms with Crippen LogP contribution in [0.2, 0.25) is 0 Å². The Bertz CT molecular complexity index is 824. The molecule has 3 rings (SSSR count). The summed E-state index contributed by atoms with van der Waals surface area (Å²) in [5.74, 6) is -0.0796. The topological polar surface area (TPSA) is 54.3 Å². The van der Waals surface area contributed by atoms with Crippen LogP contribution in [-0.4, -0.2) is 22.1 Å². The average Bonchev–Trinajstić information content (AvgIpc) is 2.98. The Morgan fingerprint density at radius 1 is 1.12 bits per heavy atom. The van der Waals surface area contributed by atoms with Crippen molar-refractivity contribution in [1.82, 2.24) is 9.88 Å². The van der Waals surface area contributed by atoms with Crippen molar-refractivity contribution in [2.75, 3.05) is 6.54 Å². The molecule has 1 heterocycles. The van der Waals surface area contributed by atoms with Crippen molar-refractivity contribution in [2.45, 2.75) is 26.0 Å². The van der Waals surface area contributed by atoms with Gasteiger partial charge in [0.1, 0.15) is 0 Å². The second-order valence-corrected chi connectivity index (χ2v) is 5.86. The molecule has 124 valence electrons. The normalized spacial score (nSPS) is 12.2. The molecule has 0 radical (unpaired) electrons. The monoisotopic (exact) mass is 322 g/mol. The van der Waals surface area contributed by atoms with Crippen LogP contribution in [-0.2, 0) is 17.8 Å². The molecule has 24 heavy (non-hydrogen) atoms. The molecule has 3 aromatic rings. The molecule has 0 aliphatic rings. The fourth-order valence-electron chi connectivity index (χ4n) is 2.96. The molecular weight excluding hydrogens is 300 g/mol. The molecule has 1 aromatic heterocycles. The van der Waals surface area contributed by atoms with Gasteiger partial charge < -0.3 is 15.0 Å². The van der Waals surface area contributed by atoms with Gasteiger partial charge in [0.15, 0.2) is 0 Å². The second kappa shape index (κ2) is 7.32. The lowest BCUT2D eigenvalue weighted by Gasteiger charge is -2.12. The summed E-state index contributed by atoms with van der Waals surface area (Å²) in [4.78, 5) is 12.3. The van der Waals surface area contributed by atoms with Gasteiger partial charge in [-0.2, -0.15) is 0 Å². The zero-order chi connectivity index (χ0) is 16.9. The fraction of sp³-hybridized carbons (Fsp3) is 0.250. The summed E-state index contributed by atoms with van der Waals surface area (Å²) >= 11 is 0. The number of carbonyl (C=O) groups excluding carboxylic acids is 1. The van der Waals surface area contributed by atoms with E-state index >= 15 is 0 Å². The Morgan fingerprint density at radius 2 is 1.83 bits per heavy atom. The molecule has 4 nitrogen and oxygen atoms in total. The molecule has 1 amide bonds. The number of fused-ring (bicyclic) bond motifs is 1. The van der Waals surface area contributed by atoms with E-state index in [-0.39, 0.29) is 12.5 Å². The van der Waals surface area contributed by atoms with Crippen molar-refractivity contribution in [2.24, 2.45) is 0 Å². The largest absolute Gasteiger partial charge is 0.387 e. The molecule has 0 saturated carbocycles. The van der Waals surface area contributed by atoms with Gasteiger partial charge in [-0.3, -0.25) is 4.79 Å². The molecule has 1 atom stereocenters. The minimum atomic E-state index is -0.688. The van der Waals surface area contributed by atoms with Gasteiger partial charge in [0.25, 0.3) is 0 Å². The predicted octanol–water partition coefficient (Wildman–Crippen LogP) is 3.05. The summed E-state index contributed by atoms with van der Waals surface area (Å²) in [6.45, 7) is 3.18. The van der Waals surface area contributed by atoms with Crippen molar-refractivity contribution < 1.29 is 9.90 Å². The van der Waals surface area contributed by atoms with Gasteiger partial charge in [0.2, 0.25) is 5.91 Å². The Labute approximate surface area is 141 Å². The number of carbonyl (C=O) groups is 1. The average molecular weight is 322 g/mol. The van der Waals surface area contributed by atoms with E-state index in [0.29, 0.717) is 6.42 Å². The maximum Gasteiger partial charge on any atom is 0.224 e. The number of rotatable bonds is 6. The van der Waals surface area contributed by atoms with Crippen LogP contribution in [0.25, 0.3) is 10.9 Å². The zero-order valence-electron chi connectivity index (χ0n) is 13.8. The molecule has 2 N–H and O–H groups in total. The molecule has 0 spiro atoms. The van der Waals surface area contributed by atoms with Crippen LogP contribution in [0.4, 0.5) is 0 Å². The second-order valence-electron chi connectivity index (χ2n) is 5.86. The Balaban J connectivity index is 1.65. The molecule has 0 aliphatic carbocycles. The smallest absolute Gasteiger partial charge is 0.224 e. The van der Waals surface area contributed by atoms with Crippen LogP contribution in [0.15, 0.2) is 60.8 Å². The number of hydrogen-bond acceptors (Lipinski definition) is 2. The number of aryl methyl sites for hydroxylation is 1. The van der Waals surface area contributed by atoms with Crippen molar-refractivity contribution in [3.8, 4) is 0 Å². The van der Waals surface area contributed by atoms with E-state index in [0.717, 1.165) is 28.6 Å². The Morgan fingerprint density at radius 3 is 2.58 bits per heavy atom. The van der Waals surface area contributed by atoms with Crippen LogP contribution in [0.3, 0.4) is 0 Å². The van der Waals surface area contributed by atoms with E-state index < -0.39 is 6.10 Å². The first-order chi connectivity index (χ1) is 11.7. The standard InChI is InChI=1S/C20H22N2O2/c1-2-22-14-16(17-10-6-7-11-18(17)22)12-20(24)21-13-19(23)15-8-4-3-5-9-15/h3-11,14,19,23H,2,12-13H2,1H3,(H,21,24)/t19-/m1/s1. The summed E-state index contributed by atoms with van der Waals surface area (Å²) in [5.41, 5.74) is 2.96. The zero-order valence-corrected chi connectivity index (χ0v) is 13.8. The molecule has 0 unspecified atom stereocenters. The highest BCUT2D eigenvalue weighted by Gasteiger charge is 2.13. The number of aliphatic hydroxyl groups is 1. The van der Waals surface area contributed by atoms with E-state index in [2.05, 4.69) is 22.9 Å². The number of para-hydroxylation sites is 1. The minimum absolute atomic E-state index is 0.0796. The third-order valence-corrected chi connectivity index (χ3v) is 4.24. The highest BCUT2D eigenvalue weighted by Crippen LogP contribution is 2.21. The molecular formula is C20H22N2O2.